The molecule has 0 bridgehead atoms. The van der Waals surface area contributed by atoms with Gasteiger partial charge in [0.1, 0.15) is 0 Å². The maximum atomic E-state index is 4.17. The third-order valence-electron chi connectivity index (χ3n) is 2.40. The molecule has 0 saturated heterocycles. The number of hydrogen-bond acceptors (Lipinski definition) is 1. The summed E-state index contributed by atoms with van der Waals surface area (Å²) in [4.78, 5) is 4.17. The Morgan fingerprint density at radius 3 is 2.57 bits per heavy atom. The van der Waals surface area contributed by atoms with Gasteiger partial charge in [0.2, 0.25) is 0 Å². The summed E-state index contributed by atoms with van der Waals surface area (Å²) in [5, 5.41) is 1.05. The van der Waals surface area contributed by atoms with Gasteiger partial charge < -0.3 is 0 Å². The van der Waals surface area contributed by atoms with E-state index in [4.69, 9.17) is 0 Å². The second-order valence-electron chi connectivity index (χ2n) is 3.87. The van der Waals surface area contributed by atoms with E-state index in [0.29, 0.717) is 11.8 Å². The standard InChI is InChI=1S/C11H15Br2N/c1-8(2)10(5-12)3-9-4-11(13)7-14-6-9/h4,6-8,10H,3,5H2,1-2H3. The second-order valence-corrected chi connectivity index (χ2v) is 5.44. The van der Waals surface area contributed by atoms with Crippen LogP contribution in [0.3, 0.4) is 0 Å². The Kier molecular flexibility index (Phi) is 5.10. The Balaban J connectivity index is 2.67. The molecule has 78 valence electrons. The van der Waals surface area contributed by atoms with Crippen molar-refractivity contribution in [2.75, 3.05) is 5.33 Å². The molecule has 0 radical (unpaired) electrons. The summed E-state index contributed by atoms with van der Waals surface area (Å²) in [6.45, 7) is 4.52. The van der Waals surface area contributed by atoms with Crippen molar-refractivity contribution < 1.29 is 0 Å². The van der Waals surface area contributed by atoms with Crippen LogP contribution >= 0.6 is 31.9 Å². The molecule has 1 unspecified atom stereocenters. The van der Waals surface area contributed by atoms with Gasteiger partial charge in [0, 0.05) is 22.2 Å². The highest BCUT2D eigenvalue weighted by molar-refractivity contribution is 9.10. The minimum atomic E-state index is 0.686. The zero-order valence-corrected chi connectivity index (χ0v) is 11.7. The minimum Gasteiger partial charge on any atom is -0.263 e. The average molecular weight is 321 g/mol. The number of nitrogens with zero attached hydrogens (tertiary/aromatic N) is 1. The van der Waals surface area contributed by atoms with Gasteiger partial charge in [0.15, 0.2) is 0 Å². The van der Waals surface area contributed by atoms with Crippen molar-refractivity contribution >= 4 is 31.9 Å². The van der Waals surface area contributed by atoms with Gasteiger partial charge in [0.25, 0.3) is 0 Å². The van der Waals surface area contributed by atoms with Crippen LogP contribution in [0.1, 0.15) is 19.4 Å². The Morgan fingerprint density at radius 1 is 1.36 bits per heavy atom. The zero-order chi connectivity index (χ0) is 10.6. The summed E-state index contributed by atoms with van der Waals surface area (Å²) < 4.78 is 1.06. The monoisotopic (exact) mass is 319 g/mol. The molecule has 1 aromatic heterocycles. The molecule has 1 rings (SSSR count). The summed E-state index contributed by atoms with van der Waals surface area (Å²) in [5.41, 5.74) is 1.30. The van der Waals surface area contributed by atoms with Crippen LogP contribution in [0.25, 0.3) is 0 Å². The molecule has 0 spiro atoms. The molecule has 1 aromatic rings. The van der Waals surface area contributed by atoms with Gasteiger partial charge >= 0.3 is 0 Å². The van der Waals surface area contributed by atoms with Gasteiger partial charge in [-0.2, -0.15) is 0 Å². The predicted octanol–water partition coefficient (Wildman–Crippen LogP) is 4.05. The molecule has 14 heavy (non-hydrogen) atoms. The Hall–Kier alpha value is 0.110. The molecule has 0 aromatic carbocycles. The fraction of sp³-hybridized carbons (Fsp3) is 0.545. The lowest BCUT2D eigenvalue weighted by atomic mass is 9.92. The molecule has 1 heterocycles. The van der Waals surface area contributed by atoms with Crippen molar-refractivity contribution in [3.8, 4) is 0 Å². The SMILES string of the molecule is CC(C)C(CBr)Cc1cncc(Br)c1. The quantitative estimate of drug-likeness (QED) is 0.763. The molecule has 0 fully saturated rings. The maximum Gasteiger partial charge on any atom is 0.0410 e. The van der Waals surface area contributed by atoms with Crippen LogP contribution in [0.2, 0.25) is 0 Å². The highest BCUT2D eigenvalue weighted by atomic mass is 79.9. The van der Waals surface area contributed by atoms with E-state index in [1.807, 2.05) is 12.4 Å². The van der Waals surface area contributed by atoms with Crippen molar-refractivity contribution in [1.29, 1.82) is 0 Å². The van der Waals surface area contributed by atoms with E-state index in [0.717, 1.165) is 16.2 Å². The van der Waals surface area contributed by atoms with E-state index < -0.39 is 0 Å². The van der Waals surface area contributed by atoms with E-state index in [1.165, 1.54) is 5.56 Å². The van der Waals surface area contributed by atoms with E-state index in [1.54, 1.807) is 0 Å². The maximum absolute atomic E-state index is 4.17. The lowest BCUT2D eigenvalue weighted by Gasteiger charge is -2.17. The van der Waals surface area contributed by atoms with Crippen molar-refractivity contribution in [3.63, 3.8) is 0 Å². The molecular weight excluding hydrogens is 306 g/mol. The van der Waals surface area contributed by atoms with Crippen LogP contribution in [0.5, 0.6) is 0 Å². The molecule has 0 aliphatic heterocycles. The number of rotatable bonds is 4. The van der Waals surface area contributed by atoms with Gasteiger partial charge in [-0.25, -0.2) is 0 Å². The Bertz CT molecular complexity index is 286. The van der Waals surface area contributed by atoms with Gasteiger partial charge in [-0.15, -0.1) is 0 Å². The van der Waals surface area contributed by atoms with Crippen molar-refractivity contribution in [2.45, 2.75) is 20.3 Å². The number of halogens is 2. The summed E-state index contributed by atoms with van der Waals surface area (Å²) in [6, 6.07) is 2.14. The lowest BCUT2D eigenvalue weighted by Crippen LogP contribution is -2.13. The summed E-state index contributed by atoms with van der Waals surface area (Å²) in [6.07, 6.45) is 4.86. The van der Waals surface area contributed by atoms with Crippen LogP contribution in [0, 0.1) is 11.8 Å². The molecule has 0 aliphatic carbocycles. The highest BCUT2D eigenvalue weighted by Gasteiger charge is 2.12. The first kappa shape index (κ1) is 12.2. The normalized spacial score (nSPS) is 13.2. The number of aromatic nitrogens is 1. The first-order valence-electron chi connectivity index (χ1n) is 4.79. The first-order valence-corrected chi connectivity index (χ1v) is 6.70. The topological polar surface area (TPSA) is 12.9 Å². The average Bonchev–Trinajstić information content (AvgIpc) is 2.14. The van der Waals surface area contributed by atoms with E-state index in [2.05, 4.69) is 56.8 Å². The van der Waals surface area contributed by atoms with Gasteiger partial charge in [0.05, 0.1) is 0 Å². The Labute approximate surface area is 103 Å². The molecule has 0 aliphatic rings. The van der Waals surface area contributed by atoms with Crippen molar-refractivity contribution in [2.24, 2.45) is 11.8 Å². The van der Waals surface area contributed by atoms with Crippen LogP contribution < -0.4 is 0 Å². The highest BCUT2D eigenvalue weighted by Crippen LogP contribution is 2.20. The molecule has 1 atom stereocenters. The van der Waals surface area contributed by atoms with Gasteiger partial charge in [-0.3, -0.25) is 4.98 Å². The molecule has 3 heteroatoms. The summed E-state index contributed by atoms with van der Waals surface area (Å²) >= 11 is 7.00. The predicted molar refractivity (Wildman–Crippen MR) is 67.8 cm³/mol. The van der Waals surface area contributed by atoms with E-state index in [9.17, 15) is 0 Å². The van der Waals surface area contributed by atoms with Crippen molar-refractivity contribution in [3.05, 3.63) is 28.5 Å². The van der Waals surface area contributed by atoms with E-state index >= 15 is 0 Å². The molecule has 0 amide bonds. The summed E-state index contributed by atoms with van der Waals surface area (Å²) in [5.74, 6) is 1.39. The molecule has 1 nitrogen and oxygen atoms in total. The first-order chi connectivity index (χ1) is 6.63. The van der Waals surface area contributed by atoms with Gasteiger partial charge in [-0.1, -0.05) is 29.8 Å². The van der Waals surface area contributed by atoms with Crippen LogP contribution in [0.15, 0.2) is 22.9 Å². The van der Waals surface area contributed by atoms with Crippen LogP contribution in [0.4, 0.5) is 0 Å². The Morgan fingerprint density at radius 2 is 2.07 bits per heavy atom. The fourth-order valence-corrected chi connectivity index (χ4v) is 2.73. The van der Waals surface area contributed by atoms with E-state index in [-0.39, 0.29) is 0 Å². The van der Waals surface area contributed by atoms with Crippen molar-refractivity contribution in [1.82, 2.24) is 4.98 Å². The minimum absolute atomic E-state index is 0.686. The molecule has 0 saturated carbocycles. The molecule has 0 N–H and O–H groups in total. The van der Waals surface area contributed by atoms with Crippen LogP contribution in [-0.2, 0) is 6.42 Å². The number of pyridine rings is 1. The second kappa shape index (κ2) is 5.86. The lowest BCUT2D eigenvalue weighted by molar-refractivity contribution is 0.426. The third-order valence-corrected chi connectivity index (χ3v) is 3.67. The number of alkyl halides is 1. The van der Waals surface area contributed by atoms with Gasteiger partial charge in [-0.05, 0) is 45.8 Å². The zero-order valence-electron chi connectivity index (χ0n) is 8.50. The fourth-order valence-electron chi connectivity index (χ4n) is 1.34. The molecular formula is C11H15Br2N. The summed E-state index contributed by atoms with van der Waals surface area (Å²) in [7, 11) is 0. The largest absolute Gasteiger partial charge is 0.263 e. The smallest absolute Gasteiger partial charge is 0.0410 e. The van der Waals surface area contributed by atoms with Crippen LogP contribution in [-0.4, -0.2) is 10.3 Å². The number of hydrogen-bond donors (Lipinski definition) is 0. The third kappa shape index (κ3) is 3.70.